The first kappa shape index (κ1) is 17.1. The normalized spacial score (nSPS) is 17.2. The van der Waals surface area contributed by atoms with E-state index in [9.17, 15) is 12.8 Å². The largest absolute Gasteiger partial charge is 0.360 e. The van der Waals surface area contributed by atoms with Crippen molar-refractivity contribution in [3.63, 3.8) is 0 Å². The summed E-state index contributed by atoms with van der Waals surface area (Å²) in [4.78, 5) is 2.30. The quantitative estimate of drug-likeness (QED) is 0.891. The van der Waals surface area contributed by atoms with E-state index in [-0.39, 0.29) is 10.9 Å². The Morgan fingerprint density at radius 3 is 2.54 bits per heavy atom. The smallest absolute Gasteiger partial charge is 0.240 e. The topological polar surface area (TPSA) is 75.4 Å². The van der Waals surface area contributed by atoms with E-state index >= 15 is 0 Å². The van der Waals surface area contributed by atoms with Gasteiger partial charge in [-0.2, -0.15) is 0 Å². The Morgan fingerprint density at radius 1 is 1.29 bits per heavy atom. The molecule has 1 aromatic heterocycles. The number of aromatic nitrogens is 1. The molecule has 0 spiro atoms. The van der Waals surface area contributed by atoms with Gasteiger partial charge in [-0.3, -0.25) is 4.90 Å². The molecule has 1 saturated heterocycles. The minimum Gasteiger partial charge on any atom is -0.360 e. The van der Waals surface area contributed by atoms with Gasteiger partial charge in [0.2, 0.25) is 10.0 Å². The number of nitrogens with zero attached hydrogens (tertiary/aromatic N) is 2. The van der Waals surface area contributed by atoms with Gasteiger partial charge in [-0.05, 0) is 44.0 Å². The highest BCUT2D eigenvalue weighted by Crippen LogP contribution is 2.17. The molecule has 0 unspecified atom stereocenters. The van der Waals surface area contributed by atoms with Gasteiger partial charge in [0.05, 0.1) is 17.1 Å². The van der Waals surface area contributed by atoms with Crippen LogP contribution in [-0.4, -0.2) is 37.6 Å². The van der Waals surface area contributed by atoms with E-state index in [1.54, 1.807) is 0 Å². The average molecular weight is 353 g/mol. The molecule has 1 N–H and O–H groups in total. The number of piperidine rings is 1. The van der Waals surface area contributed by atoms with E-state index in [4.69, 9.17) is 4.52 Å². The van der Waals surface area contributed by atoms with Crippen molar-refractivity contribution in [3.8, 4) is 0 Å². The molecule has 1 aromatic carbocycles. The van der Waals surface area contributed by atoms with Gasteiger partial charge in [0, 0.05) is 25.2 Å². The summed E-state index contributed by atoms with van der Waals surface area (Å²) in [5, 5.41) is 3.87. The van der Waals surface area contributed by atoms with Crippen LogP contribution < -0.4 is 4.72 Å². The van der Waals surface area contributed by atoms with E-state index < -0.39 is 15.8 Å². The number of benzene rings is 1. The predicted octanol–water partition coefficient (Wildman–Crippen LogP) is 2.07. The summed E-state index contributed by atoms with van der Waals surface area (Å²) in [5.74, 6) is 0.364. The van der Waals surface area contributed by atoms with Crippen molar-refractivity contribution in [2.45, 2.75) is 37.2 Å². The van der Waals surface area contributed by atoms with Gasteiger partial charge in [-0.1, -0.05) is 5.16 Å². The molecular weight excluding hydrogens is 333 g/mol. The predicted molar refractivity (Wildman–Crippen MR) is 86.3 cm³/mol. The van der Waals surface area contributed by atoms with Crippen molar-refractivity contribution in [1.29, 1.82) is 0 Å². The van der Waals surface area contributed by atoms with Gasteiger partial charge in [-0.25, -0.2) is 17.5 Å². The molecule has 0 amide bonds. The van der Waals surface area contributed by atoms with Crippen molar-refractivity contribution in [2.75, 3.05) is 13.1 Å². The lowest BCUT2D eigenvalue weighted by Crippen LogP contribution is -2.44. The molecular formula is C16H20FN3O3S. The fourth-order valence-corrected chi connectivity index (χ4v) is 4.13. The zero-order chi connectivity index (χ0) is 17.2. The molecule has 0 bridgehead atoms. The number of nitrogens with one attached hydrogen (secondary N) is 1. The van der Waals surface area contributed by atoms with Crippen LogP contribution in [0.4, 0.5) is 4.39 Å². The van der Waals surface area contributed by atoms with Crippen LogP contribution in [0.3, 0.4) is 0 Å². The fourth-order valence-electron chi connectivity index (χ4n) is 2.82. The summed E-state index contributed by atoms with van der Waals surface area (Å²) in [6, 6.07) is 6.64. The lowest BCUT2D eigenvalue weighted by atomic mass is 10.1. The number of rotatable bonds is 5. The Labute approximate surface area is 140 Å². The van der Waals surface area contributed by atoms with Crippen LogP contribution in [0, 0.1) is 12.7 Å². The van der Waals surface area contributed by atoms with Crippen LogP contribution in [0.1, 0.15) is 24.3 Å². The van der Waals surface area contributed by atoms with Crippen LogP contribution in [0.5, 0.6) is 0 Å². The molecule has 130 valence electrons. The molecule has 2 heterocycles. The summed E-state index contributed by atoms with van der Waals surface area (Å²) < 4.78 is 45.5. The van der Waals surface area contributed by atoms with Gasteiger partial charge in [0.25, 0.3) is 0 Å². The summed E-state index contributed by atoms with van der Waals surface area (Å²) in [6.45, 7) is 4.11. The van der Waals surface area contributed by atoms with Crippen molar-refractivity contribution >= 4 is 10.0 Å². The highest BCUT2D eigenvalue weighted by atomic mass is 32.2. The zero-order valence-electron chi connectivity index (χ0n) is 13.4. The van der Waals surface area contributed by atoms with Gasteiger partial charge < -0.3 is 4.52 Å². The minimum absolute atomic E-state index is 0.0865. The van der Waals surface area contributed by atoms with E-state index in [2.05, 4.69) is 14.8 Å². The Kier molecular flexibility index (Phi) is 4.98. The van der Waals surface area contributed by atoms with Gasteiger partial charge in [-0.15, -0.1) is 0 Å². The first-order valence-corrected chi connectivity index (χ1v) is 9.33. The lowest BCUT2D eigenvalue weighted by molar-refractivity contribution is 0.180. The van der Waals surface area contributed by atoms with E-state index in [1.807, 2.05) is 13.0 Å². The van der Waals surface area contributed by atoms with Gasteiger partial charge in [0.1, 0.15) is 5.82 Å². The Bertz CT molecular complexity index is 781. The summed E-state index contributed by atoms with van der Waals surface area (Å²) in [5.41, 5.74) is 0.854. The summed E-state index contributed by atoms with van der Waals surface area (Å²) >= 11 is 0. The van der Waals surface area contributed by atoms with Gasteiger partial charge in [0.15, 0.2) is 5.76 Å². The van der Waals surface area contributed by atoms with Crippen molar-refractivity contribution < 1.29 is 17.3 Å². The molecule has 2 aromatic rings. The third kappa shape index (κ3) is 4.19. The number of halogens is 1. The van der Waals surface area contributed by atoms with Crippen LogP contribution in [0.15, 0.2) is 39.8 Å². The van der Waals surface area contributed by atoms with E-state index in [1.165, 1.54) is 12.1 Å². The minimum atomic E-state index is -3.61. The number of likely N-dealkylation sites (tertiary alicyclic amines) is 1. The van der Waals surface area contributed by atoms with E-state index in [0.717, 1.165) is 36.7 Å². The third-order valence-electron chi connectivity index (χ3n) is 4.09. The molecule has 6 nitrogen and oxygen atoms in total. The summed E-state index contributed by atoms with van der Waals surface area (Å²) in [6.07, 6.45) is 1.43. The lowest BCUT2D eigenvalue weighted by Gasteiger charge is -2.31. The number of hydrogen-bond acceptors (Lipinski definition) is 5. The standard InChI is InChI=1S/C16H20FN3O3S/c1-12-10-15(23-18-12)11-20-8-6-14(7-9-20)19-24(21,22)16-4-2-13(17)3-5-16/h2-5,10,14,19H,6-9,11H2,1H3. The van der Waals surface area contributed by atoms with Crippen LogP contribution in [0.2, 0.25) is 0 Å². The maximum atomic E-state index is 12.9. The van der Waals surface area contributed by atoms with E-state index in [0.29, 0.717) is 19.4 Å². The molecule has 0 radical (unpaired) electrons. The monoisotopic (exact) mass is 353 g/mol. The first-order valence-electron chi connectivity index (χ1n) is 7.85. The Balaban J connectivity index is 1.54. The van der Waals surface area contributed by atoms with Crippen LogP contribution in [0.25, 0.3) is 0 Å². The molecule has 24 heavy (non-hydrogen) atoms. The van der Waals surface area contributed by atoms with Crippen molar-refractivity contribution in [1.82, 2.24) is 14.8 Å². The third-order valence-corrected chi connectivity index (χ3v) is 5.63. The Morgan fingerprint density at radius 2 is 1.96 bits per heavy atom. The Hall–Kier alpha value is -1.77. The average Bonchev–Trinajstić information content (AvgIpc) is 2.94. The molecule has 8 heteroatoms. The second-order valence-electron chi connectivity index (χ2n) is 6.06. The second kappa shape index (κ2) is 7.00. The molecule has 1 aliphatic rings. The van der Waals surface area contributed by atoms with Crippen LogP contribution in [-0.2, 0) is 16.6 Å². The molecule has 3 rings (SSSR count). The molecule has 1 aliphatic heterocycles. The number of hydrogen-bond donors (Lipinski definition) is 1. The summed E-state index contributed by atoms with van der Waals surface area (Å²) in [7, 11) is -3.61. The van der Waals surface area contributed by atoms with Crippen LogP contribution >= 0.6 is 0 Å². The molecule has 1 fully saturated rings. The zero-order valence-corrected chi connectivity index (χ0v) is 14.2. The highest BCUT2D eigenvalue weighted by Gasteiger charge is 2.25. The maximum absolute atomic E-state index is 12.9. The molecule has 0 saturated carbocycles. The number of sulfonamides is 1. The highest BCUT2D eigenvalue weighted by molar-refractivity contribution is 7.89. The van der Waals surface area contributed by atoms with Crippen molar-refractivity contribution in [2.24, 2.45) is 0 Å². The van der Waals surface area contributed by atoms with Crippen molar-refractivity contribution in [3.05, 3.63) is 47.6 Å². The van der Waals surface area contributed by atoms with Gasteiger partial charge >= 0.3 is 0 Å². The second-order valence-corrected chi connectivity index (χ2v) is 7.77. The SMILES string of the molecule is Cc1cc(CN2CCC(NS(=O)(=O)c3ccc(F)cc3)CC2)on1. The molecule has 0 atom stereocenters. The number of aryl methyl sites for hydroxylation is 1. The maximum Gasteiger partial charge on any atom is 0.240 e. The fraction of sp³-hybridized carbons (Fsp3) is 0.438. The molecule has 0 aliphatic carbocycles. The first-order chi connectivity index (χ1) is 11.4.